The molecule has 0 spiro atoms. The Morgan fingerprint density at radius 2 is 1.85 bits per heavy atom. The van der Waals surface area contributed by atoms with Crippen LogP contribution in [-0.4, -0.2) is 21.3 Å². The predicted octanol–water partition coefficient (Wildman–Crippen LogP) is 3.32. The molecule has 0 amide bonds. The molecular formula is C10H24O2Si. The Kier molecular flexibility index (Phi) is 6.64. The highest BCUT2D eigenvalue weighted by molar-refractivity contribution is 6.64. The Balaban J connectivity index is 3.68. The van der Waals surface area contributed by atoms with Gasteiger partial charge >= 0.3 is 8.56 Å². The summed E-state index contributed by atoms with van der Waals surface area (Å²) in [6.07, 6.45) is 4.00. The van der Waals surface area contributed by atoms with Crippen LogP contribution in [-0.2, 0) is 8.85 Å². The molecular weight excluding hydrogens is 180 g/mol. The van der Waals surface area contributed by atoms with E-state index in [-0.39, 0.29) is 0 Å². The minimum absolute atomic E-state index is 0.355. The maximum atomic E-state index is 5.90. The molecule has 0 aliphatic rings. The van der Waals surface area contributed by atoms with Crippen molar-refractivity contribution in [3.8, 4) is 0 Å². The maximum Gasteiger partial charge on any atom is 0.331 e. The van der Waals surface area contributed by atoms with Crippen LogP contribution >= 0.6 is 0 Å². The molecule has 0 aliphatic heterocycles. The van der Waals surface area contributed by atoms with Crippen molar-refractivity contribution in [3.63, 3.8) is 0 Å². The molecule has 0 radical (unpaired) electrons. The van der Waals surface area contributed by atoms with Crippen LogP contribution in [0.25, 0.3) is 0 Å². The first-order valence-corrected chi connectivity index (χ1v) is 8.15. The molecule has 13 heavy (non-hydrogen) atoms. The molecule has 0 aromatic heterocycles. The van der Waals surface area contributed by atoms with E-state index in [1.807, 2.05) is 6.92 Å². The predicted molar refractivity (Wildman–Crippen MR) is 59.2 cm³/mol. The summed E-state index contributed by atoms with van der Waals surface area (Å²) < 4.78 is 11.5. The van der Waals surface area contributed by atoms with Gasteiger partial charge in [-0.1, -0.05) is 19.8 Å². The SMILES string of the molecule is CCCCC(C)O[Si](C)(C)OCC. The first kappa shape index (κ1) is 13.1. The van der Waals surface area contributed by atoms with E-state index in [1.54, 1.807) is 0 Å². The Bertz CT molecular complexity index is 126. The largest absolute Gasteiger partial charge is 0.395 e. The minimum Gasteiger partial charge on any atom is -0.395 e. The minimum atomic E-state index is -1.82. The summed E-state index contributed by atoms with van der Waals surface area (Å²) in [7, 11) is -1.82. The van der Waals surface area contributed by atoms with Crippen LogP contribution in [0.3, 0.4) is 0 Å². The monoisotopic (exact) mass is 204 g/mol. The van der Waals surface area contributed by atoms with Gasteiger partial charge in [-0.05, 0) is 33.4 Å². The van der Waals surface area contributed by atoms with Crippen LogP contribution in [0.5, 0.6) is 0 Å². The van der Waals surface area contributed by atoms with Crippen molar-refractivity contribution in [2.75, 3.05) is 6.61 Å². The quantitative estimate of drug-likeness (QED) is 0.592. The molecule has 1 unspecified atom stereocenters. The second kappa shape index (κ2) is 6.57. The second-order valence-electron chi connectivity index (χ2n) is 3.90. The number of rotatable bonds is 7. The highest BCUT2D eigenvalue weighted by atomic mass is 28.4. The van der Waals surface area contributed by atoms with E-state index in [9.17, 15) is 0 Å². The lowest BCUT2D eigenvalue weighted by Gasteiger charge is -2.26. The van der Waals surface area contributed by atoms with Crippen molar-refractivity contribution < 1.29 is 8.85 Å². The Labute approximate surface area is 83.9 Å². The molecule has 0 heterocycles. The standard InChI is InChI=1S/C10H24O2Si/c1-6-8-9-10(3)12-13(4,5)11-7-2/h10H,6-9H2,1-5H3. The van der Waals surface area contributed by atoms with E-state index in [0.29, 0.717) is 6.10 Å². The average molecular weight is 204 g/mol. The summed E-state index contributed by atoms with van der Waals surface area (Å²) in [5, 5.41) is 0. The van der Waals surface area contributed by atoms with Gasteiger partial charge in [-0.25, -0.2) is 0 Å². The zero-order valence-corrected chi connectivity index (χ0v) is 10.7. The fourth-order valence-corrected chi connectivity index (χ4v) is 3.27. The van der Waals surface area contributed by atoms with Gasteiger partial charge in [0.05, 0.1) is 0 Å². The lowest BCUT2D eigenvalue weighted by atomic mass is 10.2. The van der Waals surface area contributed by atoms with E-state index in [4.69, 9.17) is 8.85 Å². The van der Waals surface area contributed by atoms with Gasteiger partial charge < -0.3 is 8.85 Å². The second-order valence-corrected chi connectivity index (χ2v) is 7.23. The molecule has 0 N–H and O–H groups in total. The summed E-state index contributed by atoms with van der Waals surface area (Å²) in [4.78, 5) is 0. The normalized spacial score (nSPS) is 14.5. The molecule has 0 rings (SSSR count). The van der Waals surface area contributed by atoms with Gasteiger partial charge in [0.25, 0.3) is 0 Å². The van der Waals surface area contributed by atoms with Crippen molar-refractivity contribution in [1.82, 2.24) is 0 Å². The average Bonchev–Trinajstić information content (AvgIpc) is 1.99. The van der Waals surface area contributed by atoms with Gasteiger partial charge in [-0.2, -0.15) is 0 Å². The van der Waals surface area contributed by atoms with Crippen LogP contribution in [0.15, 0.2) is 0 Å². The molecule has 0 saturated heterocycles. The van der Waals surface area contributed by atoms with E-state index < -0.39 is 8.56 Å². The molecule has 0 fully saturated rings. The summed E-state index contributed by atoms with van der Waals surface area (Å²) in [5.41, 5.74) is 0. The maximum absolute atomic E-state index is 5.90. The lowest BCUT2D eigenvalue weighted by Crippen LogP contribution is -2.38. The number of unbranched alkanes of at least 4 members (excludes halogenated alkanes) is 1. The van der Waals surface area contributed by atoms with Crippen molar-refractivity contribution >= 4 is 8.56 Å². The van der Waals surface area contributed by atoms with Gasteiger partial charge in [0, 0.05) is 12.7 Å². The van der Waals surface area contributed by atoms with Crippen molar-refractivity contribution in [2.45, 2.75) is 59.2 Å². The van der Waals surface area contributed by atoms with Crippen LogP contribution < -0.4 is 0 Å². The van der Waals surface area contributed by atoms with Gasteiger partial charge in [0.15, 0.2) is 0 Å². The first-order valence-electron chi connectivity index (χ1n) is 5.33. The zero-order chi connectivity index (χ0) is 10.3. The highest BCUT2D eigenvalue weighted by Crippen LogP contribution is 2.13. The van der Waals surface area contributed by atoms with Crippen molar-refractivity contribution in [3.05, 3.63) is 0 Å². The van der Waals surface area contributed by atoms with Gasteiger partial charge in [-0.3, -0.25) is 0 Å². The van der Waals surface area contributed by atoms with E-state index in [2.05, 4.69) is 26.9 Å². The molecule has 3 heteroatoms. The highest BCUT2D eigenvalue weighted by Gasteiger charge is 2.25. The van der Waals surface area contributed by atoms with Crippen molar-refractivity contribution in [2.24, 2.45) is 0 Å². The van der Waals surface area contributed by atoms with Crippen molar-refractivity contribution in [1.29, 1.82) is 0 Å². The molecule has 0 aliphatic carbocycles. The zero-order valence-electron chi connectivity index (χ0n) is 9.72. The fraction of sp³-hybridized carbons (Fsp3) is 1.00. The van der Waals surface area contributed by atoms with E-state index >= 15 is 0 Å². The van der Waals surface area contributed by atoms with Crippen LogP contribution in [0.4, 0.5) is 0 Å². The summed E-state index contributed by atoms with van der Waals surface area (Å²) >= 11 is 0. The topological polar surface area (TPSA) is 18.5 Å². The first-order chi connectivity index (χ1) is 6.02. The third kappa shape index (κ3) is 7.23. The smallest absolute Gasteiger partial charge is 0.331 e. The third-order valence-corrected chi connectivity index (χ3v) is 3.90. The van der Waals surface area contributed by atoms with E-state index in [1.165, 1.54) is 12.8 Å². The van der Waals surface area contributed by atoms with Crippen LogP contribution in [0.1, 0.15) is 40.0 Å². The molecule has 2 nitrogen and oxygen atoms in total. The van der Waals surface area contributed by atoms with Crippen LogP contribution in [0.2, 0.25) is 13.1 Å². The summed E-state index contributed by atoms with van der Waals surface area (Å²) in [6, 6.07) is 0. The molecule has 1 atom stereocenters. The summed E-state index contributed by atoms with van der Waals surface area (Å²) in [5.74, 6) is 0. The van der Waals surface area contributed by atoms with E-state index in [0.717, 1.165) is 13.0 Å². The van der Waals surface area contributed by atoms with Crippen LogP contribution in [0, 0.1) is 0 Å². The Morgan fingerprint density at radius 3 is 2.31 bits per heavy atom. The molecule has 0 bridgehead atoms. The number of hydrogen-bond donors (Lipinski definition) is 0. The molecule has 80 valence electrons. The lowest BCUT2D eigenvalue weighted by molar-refractivity contribution is 0.128. The van der Waals surface area contributed by atoms with Gasteiger partial charge in [-0.15, -0.1) is 0 Å². The number of hydrogen-bond acceptors (Lipinski definition) is 2. The Morgan fingerprint density at radius 1 is 1.23 bits per heavy atom. The third-order valence-electron chi connectivity index (χ3n) is 1.94. The molecule has 0 aromatic rings. The Hall–Kier alpha value is 0.137. The molecule has 0 aromatic carbocycles. The van der Waals surface area contributed by atoms with Gasteiger partial charge in [0.1, 0.15) is 0 Å². The fourth-order valence-electron chi connectivity index (χ4n) is 1.42. The molecule has 0 saturated carbocycles. The van der Waals surface area contributed by atoms with Gasteiger partial charge in [0.2, 0.25) is 0 Å². The summed E-state index contributed by atoms with van der Waals surface area (Å²) in [6.45, 7) is 11.4.